The van der Waals surface area contributed by atoms with Crippen molar-refractivity contribution in [2.45, 2.75) is 13.8 Å². The normalized spacial score (nSPS) is 11.7. The van der Waals surface area contributed by atoms with Gasteiger partial charge in [0.15, 0.2) is 0 Å². The Kier molecular flexibility index (Phi) is 6.29. The summed E-state index contributed by atoms with van der Waals surface area (Å²) in [6, 6.07) is 16.7. The number of carbonyl (C=O) groups excluding carboxylic acids is 1. The molecule has 6 nitrogen and oxygen atoms in total. The van der Waals surface area contributed by atoms with Crippen LogP contribution in [0.2, 0.25) is 0 Å². The van der Waals surface area contributed by atoms with Gasteiger partial charge in [-0.15, -0.1) is 0 Å². The number of pyridine rings is 1. The number of hydrogen-bond acceptors (Lipinski definition) is 5. The molecule has 0 saturated carbocycles. The van der Waals surface area contributed by atoms with E-state index < -0.39 is 15.9 Å². The van der Waals surface area contributed by atoms with Crippen LogP contribution in [0.1, 0.15) is 28.5 Å². The molecule has 0 spiro atoms. The minimum atomic E-state index is -3.83. The van der Waals surface area contributed by atoms with Gasteiger partial charge in [-0.25, -0.2) is 18.1 Å². The molecular formula is C22H22N2O4S. The highest BCUT2D eigenvalue weighted by Crippen LogP contribution is 2.19. The number of fused-ring (bicyclic) bond motifs is 1. The van der Waals surface area contributed by atoms with Gasteiger partial charge < -0.3 is 4.74 Å². The second kappa shape index (κ2) is 8.87. The number of carbonyl (C=O) groups is 1. The summed E-state index contributed by atoms with van der Waals surface area (Å²) in [7, 11) is -3.83. The number of aryl methyl sites for hydroxylation is 1. The SMILES string of the molecule is CCOc1ccc(C(=O)NS(=O)(=O)CC=Cc2cccc3ccccc23)c(C)n1. The van der Waals surface area contributed by atoms with E-state index in [0.29, 0.717) is 18.2 Å². The van der Waals surface area contributed by atoms with Gasteiger partial charge in [-0.1, -0.05) is 54.6 Å². The third-order valence-corrected chi connectivity index (χ3v) is 5.41. The summed E-state index contributed by atoms with van der Waals surface area (Å²) >= 11 is 0. The lowest BCUT2D eigenvalue weighted by Crippen LogP contribution is -2.32. The van der Waals surface area contributed by atoms with Crippen LogP contribution >= 0.6 is 0 Å². The van der Waals surface area contributed by atoms with E-state index in [2.05, 4.69) is 9.71 Å². The van der Waals surface area contributed by atoms with Crippen molar-refractivity contribution in [3.05, 3.63) is 77.5 Å². The number of amides is 1. The molecule has 0 bridgehead atoms. The van der Waals surface area contributed by atoms with Crippen LogP contribution in [0, 0.1) is 6.92 Å². The molecule has 0 radical (unpaired) electrons. The Morgan fingerprint density at radius 2 is 1.86 bits per heavy atom. The van der Waals surface area contributed by atoms with Crippen molar-refractivity contribution < 1.29 is 17.9 Å². The second-order valence-electron chi connectivity index (χ2n) is 6.40. The van der Waals surface area contributed by atoms with Crippen LogP contribution in [-0.4, -0.2) is 31.7 Å². The molecule has 0 aliphatic rings. The van der Waals surface area contributed by atoms with E-state index in [4.69, 9.17) is 4.74 Å². The van der Waals surface area contributed by atoms with Crippen molar-refractivity contribution in [1.29, 1.82) is 0 Å². The fourth-order valence-electron chi connectivity index (χ4n) is 2.94. The summed E-state index contributed by atoms with van der Waals surface area (Å²) < 4.78 is 32.0. The van der Waals surface area contributed by atoms with E-state index in [1.165, 1.54) is 12.1 Å². The molecule has 3 aromatic rings. The van der Waals surface area contributed by atoms with E-state index >= 15 is 0 Å². The maximum absolute atomic E-state index is 12.4. The molecule has 0 saturated heterocycles. The molecule has 0 fully saturated rings. The maximum atomic E-state index is 12.4. The first kappa shape index (κ1) is 20.5. The lowest BCUT2D eigenvalue weighted by molar-refractivity contribution is 0.0980. The second-order valence-corrected chi connectivity index (χ2v) is 8.17. The van der Waals surface area contributed by atoms with Crippen molar-refractivity contribution in [2.24, 2.45) is 0 Å². The Morgan fingerprint density at radius 1 is 1.10 bits per heavy atom. The first-order valence-corrected chi connectivity index (χ1v) is 10.8. The molecule has 7 heteroatoms. The smallest absolute Gasteiger partial charge is 0.266 e. The van der Waals surface area contributed by atoms with E-state index in [1.807, 2.05) is 49.4 Å². The lowest BCUT2D eigenvalue weighted by atomic mass is 10.0. The number of rotatable bonds is 7. The Bertz CT molecular complexity index is 1170. The third-order valence-electron chi connectivity index (χ3n) is 4.28. The highest BCUT2D eigenvalue weighted by molar-refractivity contribution is 7.90. The predicted octanol–water partition coefficient (Wildman–Crippen LogP) is 3.71. The molecule has 0 aliphatic carbocycles. The average molecular weight is 410 g/mol. The summed E-state index contributed by atoms with van der Waals surface area (Å²) in [6.45, 7) is 3.91. The van der Waals surface area contributed by atoms with Crippen LogP contribution in [0.4, 0.5) is 0 Å². The molecule has 1 heterocycles. The van der Waals surface area contributed by atoms with Crippen LogP contribution < -0.4 is 9.46 Å². The summed E-state index contributed by atoms with van der Waals surface area (Å²) in [5.41, 5.74) is 1.50. The van der Waals surface area contributed by atoms with E-state index in [0.717, 1.165) is 16.3 Å². The van der Waals surface area contributed by atoms with Crippen molar-refractivity contribution in [2.75, 3.05) is 12.4 Å². The third kappa shape index (κ3) is 5.20. The molecule has 3 rings (SSSR count). The first-order chi connectivity index (χ1) is 13.9. The molecule has 0 unspecified atom stereocenters. The molecule has 1 amide bonds. The van der Waals surface area contributed by atoms with Gasteiger partial charge in [-0.05, 0) is 36.2 Å². The zero-order chi connectivity index (χ0) is 20.9. The van der Waals surface area contributed by atoms with Gasteiger partial charge in [0.05, 0.1) is 23.6 Å². The highest BCUT2D eigenvalue weighted by atomic mass is 32.2. The zero-order valence-corrected chi connectivity index (χ0v) is 17.1. The monoisotopic (exact) mass is 410 g/mol. The van der Waals surface area contributed by atoms with Gasteiger partial charge in [-0.3, -0.25) is 4.79 Å². The van der Waals surface area contributed by atoms with Crippen molar-refractivity contribution >= 4 is 32.8 Å². The molecule has 150 valence electrons. The van der Waals surface area contributed by atoms with Gasteiger partial charge in [0, 0.05) is 6.07 Å². The molecule has 0 atom stereocenters. The van der Waals surface area contributed by atoms with E-state index in [-0.39, 0.29) is 11.3 Å². The highest BCUT2D eigenvalue weighted by Gasteiger charge is 2.17. The van der Waals surface area contributed by atoms with Crippen LogP contribution in [0.5, 0.6) is 5.88 Å². The first-order valence-electron chi connectivity index (χ1n) is 9.19. The minimum absolute atomic E-state index is 0.190. The fourth-order valence-corrected chi connectivity index (χ4v) is 3.77. The Morgan fingerprint density at radius 3 is 2.62 bits per heavy atom. The Hall–Kier alpha value is -3.19. The molecule has 1 N–H and O–H groups in total. The number of nitrogens with one attached hydrogen (secondary N) is 1. The summed E-state index contributed by atoms with van der Waals surface area (Å²) in [5, 5.41) is 2.10. The summed E-state index contributed by atoms with van der Waals surface area (Å²) in [4.78, 5) is 16.5. The van der Waals surface area contributed by atoms with Crippen LogP contribution in [0.25, 0.3) is 16.8 Å². The molecule has 1 aromatic heterocycles. The molecular weight excluding hydrogens is 388 g/mol. The van der Waals surface area contributed by atoms with Crippen LogP contribution in [0.15, 0.2) is 60.7 Å². The van der Waals surface area contributed by atoms with E-state index in [1.54, 1.807) is 19.1 Å². The van der Waals surface area contributed by atoms with Gasteiger partial charge >= 0.3 is 0 Å². The van der Waals surface area contributed by atoms with Crippen molar-refractivity contribution in [3.63, 3.8) is 0 Å². The standard InChI is InChI=1S/C22H22N2O4S/c1-3-28-21-14-13-19(16(2)23-21)22(25)24-29(26,27)15-7-11-18-10-6-9-17-8-4-5-12-20(17)18/h4-14H,3,15H2,1-2H3,(H,24,25). The number of hydrogen-bond donors (Lipinski definition) is 1. The van der Waals surface area contributed by atoms with E-state index in [9.17, 15) is 13.2 Å². The van der Waals surface area contributed by atoms with Crippen molar-refractivity contribution in [3.8, 4) is 5.88 Å². The van der Waals surface area contributed by atoms with Gasteiger partial charge in [-0.2, -0.15) is 0 Å². The van der Waals surface area contributed by atoms with Gasteiger partial charge in [0.1, 0.15) is 0 Å². The predicted molar refractivity (Wildman–Crippen MR) is 114 cm³/mol. The number of benzene rings is 2. The van der Waals surface area contributed by atoms with Gasteiger partial charge in [0.25, 0.3) is 5.91 Å². The summed E-state index contributed by atoms with van der Waals surface area (Å²) in [5.74, 6) is -0.634. The molecule has 2 aromatic carbocycles. The van der Waals surface area contributed by atoms with Crippen LogP contribution in [-0.2, 0) is 10.0 Å². The summed E-state index contributed by atoms with van der Waals surface area (Å²) in [6.07, 6.45) is 3.27. The fraction of sp³-hybridized carbons (Fsp3) is 0.182. The zero-order valence-electron chi connectivity index (χ0n) is 16.3. The minimum Gasteiger partial charge on any atom is -0.478 e. The Labute approximate surface area is 170 Å². The topological polar surface area (TPSA) is 85.4 Å². The number of ether oxygens (including phenoxy) is 1. The quantitative estimate of drug-likeness (QED) is 0.642. The lowest BCUT2D eigenvalue weighted by Gasteiger charge is -2.09. The maximum Gasteiger partial charge on any atom is 0.266 e. The number of sulfonamides is 1. The molecule has 29 heavy (non-hydrogen) atoms. The average Bonchev–Trinajstić information content (AvgIpc) is 2.68. The largest absolute Gasteiger partial charge is 0.478 e. The van der Waals surface area contributed by atoms with Crippen molar-refractivity contribution in [1.82, 2.24) is 9.71 Å². The van der Waals surface area contributed by atoms with Crippen LogP contribution in [0.3, 0.4) is 0 Å². The Balaban J connectivity index is 1.70. The van der Waals surface area contributed by atoms with Gasteiger partial charge in [0.2, 0.25) is 15.9 Å². The number of aromatic nitrogens is 1. The molecule has 0 aliphatic heterocycles. The number of nitrogens with zero attached hydrogens (tertiary/aromatic N) is 1.